The van der Waals surface area contributed by atoms with Crippen molar-refractivity contribution in [1.29, 1.82) is 0 Å². The molecule has 0 spiro atoms. The molecule has 2 fully saturated rings. The van der Waals surface area contributed by atoms with Gasteiger partial charge in [-0.25, -0.2) is 4.99 Å². The number of thioether (sulfide) groups is 1. The maximum atomic E-state index is 4.72. The van der Waals surface area contributed by atoms with E-state index in [0.717, 1.165) is 27.1 Å². The van der Waals surface area contributed by atoms with E-state index in [1.165, 1.54) is 64.2 Å². The molecular weight excluding hydrogens is 382 g/mol. The van der Waals surface area contributed by atoms with E-state index in [2.05, 4.69) is 48.6 Å². The largest absolute Gasteiger partial charge is 0.232 e. The Labute approximate surface area is 179 Å². The van der Waals surface area contributed by atoms with Crippen LogP contribution in [0.5, 0.6) is 0 Å². The summed E-state index contributed by atoms with van der Waals surface area (Å²) in [5, 5.41) is 9.49. The molecule has 1 heterocycles. The van der Waals surface area contributed by atoms with Gasteiger partial charge in [-0.05, 0) is 69.1 Å². The normalized spacial score (nSPS) is 32.0. The standard InChI is InChI=1S/C23H35N3S2/c1-4-18-8-6-9-20(12-11-18)16-27-22-26-25-21(28-22)24-17-23(3)14-7-10-19(5-2)13-15-23/h4-5,17-20H,1-2,6-16H2,3H3. The summed E-state index contributed by atoms with van der Waals surface area (Å²) in [6.07, 6.45) is 19.1. The van der Waals surface area contributed by atoms with Crippen molar-refractivity contribution in [3.05, 3.63) is 25.3 Å². The quantitative estimate of drug-likeness (QED) is 0.200. The van der Waals surface area contributed by atoms with Crippen LogP contribution in [0, 0.1) is 23.2 Å². The summed E-state index contributed by atoms with van der Waals surface area (Å²) in [5.74, 6) is 3.35. The van der Waals surface area contributed by atoms with E-state index in [9.17, 15) is 0 Å². The lowest BCUT2D eigenvalue weighted by molar-refractivity contribution is 0.408. The summed E-state index contributed by atoms with van der Waals surface area (Å²) < 4.78 is 1.06. The minimum absolute atomic E-state index is 0.179. The first kappa shape index (κ1) is 21.8. The number of aliphatic imine (C=N–C) groups is 1. The maximum absolute atomic E-state index is 4.72. The Morgan fingerprint density at radius 3 is 2.64 bits per heavy atom. The second-order valence-corrected chi connectivity index (χ2v) is 11.1. The van der Waals surface area contributed by atoms with E-state index in [4.69, 9.17) is 4.99 Å². The van der Waals surface area contributed by atoms with Crippen LogP contribution in [0.15, 0.2) is 34.6 Å². The zero-order valence-electron chi connectivity index (χ0n) is 17.3. The third kappa shape index (κ3) is 6.55. The van der Waals surface area contributed by atoms with Crippen molar-refractivity contribution < 1.29 is 0 Å². The van der Waals surface area contributed by atoms with Crippen LogP contribution in [0.3, 0.4) is 0 Å². The first-order chi connectivity index (χ1) is 13.6. The molecule has 1 aromatic rings. The third-order valence-corrected chi connectivity index (χ3v) is 8.73. The predicted octanol–water partition coefficient (Wildman–Crippen LogP) is 7.49. The zero-order valence-corrected chi connectivity index (χ0v) is 18.9. The Kier molecular flexibility index (Phi) is 8.34. The first-order valence-corrected chi connectivity index (χ1v) is 12.7. The van der Waals surface area contributed by atoms with Gasteiger partial charge in [-0.15, -0.1) is 23.4 Å². The summed E-state index contributed by atoms with van der Waals surface area (Å²) in [4.78, 5) is 4.72. The van der Waals surface area contributed by atoms with Crippen LogP contribution in [0.25, 0.3) is 0 Å². The van der Waals surface area contributed by atoms with Crippen LogP contribution in [-0.4, -0.2) is 22.2 Å². The maximum Gasteiger partial charge on any atom is 0.232 e. The summed E-state index contributed by atoms with van der Waals surface area (Å²) in [6, 6.07) is 0. The molecule has 3 rings (SSSR count). The monoisotopic (exact) mass is 417 g/mol. The molecule has 3 nitrogen and oxygen atoms in total. The molecule has 5 heteroatoms. The second-order valence-electron chi connectivity index (χ2n) is 8.87. The Morgan fingerprint density at radius 1 is 1.04 bits per heavy atom. The van der Waals surface area contributed by atoms with Gasteiger partial charge < -0.3 is 0 Å². The molecule has 4 atom stereocenters. The van der Waals surface area contributed by atoms with Crippen molar-refractivity contribution in [3.63, 3.8) is 0 Å². The van der Waals surface area contributed by atoms with Gasteiger partial charge in [0.25, 0.3) is 0 Å². The fraction of sp³-hybridized carbons (Fsp3) is 0.696. The number of nitrogens with zero attached hydrogens (tertiary/aromatic N) is 3. The summed E-state index contributed by atoms with van der Waals surface area (Å²) in [6.45, 7) is 10.3. The van der Waals surface area contributed by atoms with Gasteiger partial charge in [0.2, 0.25) is 5.13 Å². The average molecular weight is 418 g/mol. The van der Waals surface area contributed by atoms with Crippen molar-refractivity contribution >= 4 is 34.4 Å². The Hall–Kier alpha value is -0.940. The Bertz CT molecular complexity index is 669. The lowest BCUT2D eigenvalue weighted by Crippen LogP contribution is -2.16. The van der Waals surface area contributed by atoms with Crippen molar-refractivity contribution in [3.8, 4) is 0 Å². The van der Waals surface area contributed by atoms with Crippen molar-refractivity contribution in [1.82, 2.24) is 10.2 Å². The van der Waals surface area contributed by atoms with Gasteiger partial charge in [0.15, 0.2) is 4.34 Å². The fourth-order valence-corrected chi connectivity index (χ4v) is 6.34. The van der Waals surface area contributed by atoms with Gasteiger partial charge in [0.05, 0.1) is 0 Å². The molecule has 0 aromatic carbocycles. The molecule has 4 unspecified atom stereocenters. The van der Waals surface area contributed by atoms with Crippen LogP contribution >= 0.6 is 23.1 Å². The highest BCUT2D eigenvalue weighted by atomic mass is 32.2. The van der Waals surface area contributed by atoms with Crippen molar-refractivity contribution in [2.24, 2.45) is 28.2 Å². The van der Waals surface area contributed by atoms with Crippen molar-refractivity contribution in [2.45, 2.75) is 75.5 Å². The number of hydrogen-bond acceptors (Lipinski definition) is 5. The summed E-state index contributed by atoms with van der Waals surface area (Å²) in [5.41, 5.74) is 0.179. The molecule has 0 bridgehead atoms. The van der Waals surface area contributed by atoms with Gasteiger partial charge in [0, 0.05) is 17.4 Å². The molecule has 2 saturated carbocycles. The summed E-state index contributed by atoms with van der Waals surface area (Å²) >= 11 is 3.51. The van der Waals surface area contributed by atoms with Gasteiger partial charge in [-0.3, -0.25) is 0 Å². The second kappa shape index (κ2) is 10.7. The highest BCUT2D eigenvalue weighted by molar-refractivity contribution is 8.01. The topological polar surface area (TPSA) is 38.1 Å². The molecule has 0 N–H and O–H groups in total. The molecule has 2 aliphatic rings. The molecule has 0 radical (unpaired) electrons. The molecule has 2 aliphatic carbocycles. The van der Waals surface area contributed by atoms with E-state index in [1.54, 1.807) is 11.3 Å². The lowest BCUT2D eigenvalue weighted by atomic mass is 9.83. The molecule has 1 aromatic heterocycles. The molecule has 0 aliphatic heterocycles. The predicted molar refractivity (Wildman–Crippen MR) is 124 cm³/mol. The highest BCUT2D eigenvalue weighted by Crippen LogP contribution is 2.37. The Balaban J connectivity index is 1.49. The lowest BCUT2D eigenvalue weighted by Gasteiger charge is -2.22. The molecular formula is C23H35N3S2. The zero-order chi connectivity index (χ0) is 19.8. The minimum Gasteiger partial charge on any atom is -0.230 e. The van der Waals surface area contributed by atoms with Crippen LogP contribution in [0.2, 0.25) is 0 Å². The summed E-state index contributed by atoms with van der Waals surface area (Å²) in [7, 11) is 0. The number of aromatic nitrogens is 2. The number of rotatable bonds is 7. The van der Waals surface area contributed by atoms with Gasteiger partial charge >= 0.3 is 0 Å². The third-order valence-electron chi connectivity index (χ3n) is 6.53. The minimum atomic E-state index is 0.179. The number of allylic oxidation sites excluding steroid dienone is 2. The molecule has 0 amide bonds. The SMILES string of the molecule is C=CC1CCCC(CSc2nnc(N=CC3(C)CCCC(C=C)CC3)s2)CC1. The molecule has 28 heavy (non-hydrogen) atoms. The average Bonchev–Trinajstić information content (AvgIpc) is 2.91. The number of hydrogen-bond donors (Lipinski definition) is 0. The first-order valence-electron chi connectivity index (χ1n) is 10.9. The van der Waals surface area contributed by atoms with Crippen LogP contribution < -0.4 is 0 Å². The van der Waals surface area contributed by atoms with E-state index < -0.39 is 0 Å². The van der Waals surface area contributed by atoms with E-state index in [1.807, 2.05) is 11.8 Å². The molecule has 0 saturated heterocycles. The van der Waals surface area contributed by atoms with E-state index >= 15 is 0 Å². The van der Waals surface area contributed by atoms with Crippen molar-refractivity contribution in [2.75, 3.05) is 5.75 Å². The highest BCUT2D eigenvalue weighted by Gasteiger charge is 2.26. The van der Waals surface area contributed by atoms with Gasteiger partial charge in [0.1, 0.15) is 0 Å². The molecule has 154 valence electrons. The van der Waals surface area contributed by atoms with Crippen LogP contribution in [-0.2, 0) is 0 Å². The fourth-order valence-electron chi connectivity index (χ4n) is 4.44. The Morgan fingerprint density at radius 2 is 1.82 bits per heavy atom. The van der Waals surface area contributed by atoms with Crippen LogP contribution in [0.1, 0.15) is 71.1 Å². The van der Waals surface area contributed by atoms with Crippen LogP contribution in [0.4, 0.5) is 5.13 Å². The van der Waals surface area contributed by atoms with E-state index in [0.29, 0.717) is 5.92 Å². The van der Waals surface area contributed by atoms with Gasteiger partial charge in [-0.2, -0.15) is 0 Å². The smallest absolute Gasteiger partial charge is 0.230 e. The van der Waals surface area contributed by atoms with E-state index in [-0.39, 0.29) is 5.41 Å². The van der Waals surface area contributed by atoms with Gasteiger partial charge in [-0.1, -0.05) is 55.0 Å².